The lowest BCUT2D eigenvalue weighted by molar-refractivity contribution is 0.101. The molecule has 2 aromatic rings. The quantitative estimate of drug-likeness (QED) is 0.789. The van der Waals surface area contributed by atoms with Crippen LogP contribution in [0.2, 0.25) is 0 Å². The molecular weight excluding hydrogens is 348 g/mol. The van der Waals surface area contributed by atoms with Crippen LogP contribution in [-0.2, 0) is 10.0 Å². The highest BCUT2D eigenvalue weighted by Crippen LogP contribution is 2.21. The molecular formula is C20H24N2O3S. The number of hydrogen-bond donors (Lipinski definition) is 1. The van der Waals surface area contributed by atoms with Gasteiger partial charge in [-0.15, -0.1) is 0 Å². The van der Waals surface area contributed by atoms with E-state index in [4.69, 9.17) is 0 Å². The normalized spacial score (nSPS) is 15.6. The van der Waals surface area contributed by atoms with Crippen LogP contribution in [0, 0.1) is 6.92 Å². The molecule has 6 heteroatoms. The fourth-order valence-electron chi connectivity index (χ4n) is 3.12. The summed E-state index contributed by atoms with van der Waals surface area (Å²) in [5.74, 6) is -0.0739. The number of carbonyl (C=O) groups excluding carboxylic acids is 1. The second kappa shape index (κ2) is 8.01. The smallest absolute Gasteiger partial charge is 0.243 e. The first kappa shape index (κ1) is 18.6. The minimum atomic E-state index is -3.46. The first-order chi connectivity index (χ1) is 12.5. The van der Waals surface area contributed by atoms with E-state index in [1.54, 1.807) is 12.1 Å². The standard InChI is InChI=1S/C20H24N2O3S/c1-16-7-3-4-8-19(16)21-15-20(23)17-9-11-18(12-10-17)26(24,25)22-13-5-2-6-14-22/h3-4,7-12,21H,2,5-6,13-15H2,1H3. The predicted octanol–water partition coefficient (Wildman–Crippen LogP) is 3.46. The minimum Gasteiger partial charge on any atom is -0.377 e. The van der Waals surface area contributed by atoms with Gasteiger partial charge in [-0.05, 0) is 55.7 Å². The van der Waals surface area contributed by atoms with E-state index in [2.05, 4.69) is 5.32 Å². The number of nitrogens with one attached hydrogen (secondary N) is 1. The average Bonchev–Trinajstić information content (AvgIpc) is 2.68. The number of Topliss-reactive ketones (excluding diaryl/α,β-unsaturated/α-hetero) is 1. The van der Waals surface area contributed by atoms with Crippen LogP contribution in [0.3, 0.4) is 0 Å². The summed E-state index contributed by atoms with van der Waals surface area (Å²) in [6.45, 7) is 3.29. The Morgan fingerprint density at radius 2 is 1.65 bits per heavy atom. The second-order valence-electron chi connectivity index (χ2n) is 6.58. The Morgan fingerprint density at radius 1 is 1.00 bits per heavy atom. The molecule has 5 nitrogen and oxygen atoms in total. The maximum atomic E-state index is 12.6. The molecule has 0 bridgehead atoms. The average molecular weight is 372 g/mol. The van der Waals surface area contributed by atoms with Crippen molar-refractivity contribution < 1.29 is 13.2 Å². The summed E-state index contributed by atoms with van der Waals surface area (Å²) in [7, 11) is -3.46. The SMILES string of the molecule is Cc1ccccc1NCC(=O)c1ccc(S(=O)(=O)N2CCCCC2)cc1. The lowest BCUT2D eigenvalue weighted by Crippen LogP contribution is -2.35. The molecule has 1 aliphatic heterocycles. The topological polar surface area (TPSA) is 66.5 Å². The van der Waals surface area contributed by atoms with E-state index in [-0.39, 0.29) is 17.2 Å². The lowest BCUT2D eigenvalue weighted by atomic mass is 10.1. The van der Waals surface area contributed by atoms with Crippen molar-refractivity contribution >= 4 is 21.5 Å². The monoisotopic (exact) mass is 372 g/mol. The van der Waals surface area contributed by atoms with Gasteiger partial charge < -0.3 is 5.32 Å². The van der Waals surface area contributed by atoms with Gasteiger partial charge in [0, 0.05) is 24.3 Å². The Morgan fingerprint density at radius 3 is 2.31 bits per heavy atom. The van der Waals surface area contributed by atoms with Crippen molar-refractivity contribution in [1.82, 2.24) is 4.31 Å². The van der Waals surface area contributed by atoms with Gasteiger partial charge in [0.25, 0.3) is 0 Å². The molecule has 0 saturated carbocycles. The van der Waals surface area contributed by atoms with E-state index in [1.807, 2.05) is 31.2 Å². The maximum absolute atomic E-state index is 12.6. The molecule has 0 aliphatic carbocycles. The van der Waals surface area contributed by atoms with Crippen molar-refractivity contribution in [2.75, 3.05) is 25.0 Å². The Balaban J connectivity index is 1.67. The molecule has 1 saturated heterocycles. The summed E-state index contributed by atoms with van der Waals surface area (Å²) in [6.07, 6.45) is 2.88. The van der Waals surface area contributed by atoms with Gasteiger partial charge in [0.15, 0.2) is 5.78 Å². The number of aryl methyl sites for hydroxylation is 1. The summed E-state index contributed by atoms with van der Waals surface area (Å²) in [4.78, 5) is 12.6. The predicted molar refractivity (Wildman–Crippen MR) is 103 cm³/mol. The first-order valence-electron chi connectivity index (χ1n) is 8.91. The van der Waals surface area contributed by atoms with Crippen molar-refractivity contribution in [2.24, 2.45) is 0 Å². The molecule has 0 atom stereocenters. The fourth-order valence-corrected chi connectivity index (χ4v) is 4.63. The number of anilines is 1. The molecule has 1 heterocycles. The molecule has 0 radical (unpaired) electrons. The highest BCUT2D eigenvalue weighted by molar-refractivity contribution is 7.89. The minimum absolute atomic E-state index is 0.0739. The molecule has 2 aromatic carbocycles. The highest BCUT2D eigenvalue weighted by atomic mass is 32.2. The summed E-state index contributed by atoms with van der Waals surface area (Å²) in [5.41, 5.74) is 2.50. The van der Waals surface area contributed by atoms with Crippen LogP contribution >= 0.6 is 0 Å². The molecule has 26 heavy (non-hydrogen) atoms. The Hall–Kier alpha value is -2.18. The third-order valence-electron chi connectivity index (χ3n) is 4.71. The van der Waals surface area contributed by atoms with Crippen molar-refractivity contribution in [1.29, 1.82) is 0 Å². The first-order valence-corrected chi connectivity index (χ1v) is 10.4. The number of piperidine rings is 1. The molecule has 1 N–H and O–H groups in total. The molecule has 138 valence electrons. The molecule has 3 rings (SSSR count). The number of para-hydroxylation sites is 1. The Labute approximate surface area is 155 Å². The van der Waals surface area contributed by atoms with Crippen LogP contribution in [-0.4, -0.2) is 38.1 Å². The molecule has 1 fully saturated rings. The number of rotatable bonds is 6. The number of hydrogen-bond acceptors (Lipinski definition) is 4. The zero-order chi connectivity index (χ0) is 18.6. The fraction of sp³-hybridized carbons (Fsp3) is 0.350. The summed E-state index contributed by atoms with van der Waals surface area (Å²) in [5, 5.41) is 3.13. The van der Waals surface area contributed by atoms with Crippen LogP contribution in [0.25, 0.3) is 0 Å². The van der Waals surface area contributed by atoms with Crippen molar-refractivity contribution in [3.05, 3.63) is 59.7 Å². The summed E-state index contributed by atoms with van der Waals surface area (Å²) < 4.78 is 26.8. The lowest BCUT2D eigenvalue weighted by Gasteiger charge is -2.25. The summed E-state index contributed by atoms with van der Waals surface area (Å²) in [6, 6.07) is 14.0. The molecule has 0 unspecified atom stereocenters. The number of ketones is 1. The van der Waals surface area contributed by atoms with Crippen molar-refractivity contribution in [3.63, 3.8) is 0 Å². The zero-order valence-corrected chi connectivity index (χ0v) is 15.8. The van der Waals surface area contributed by atoms with Gasteiger partial charge in [0.05, 0.1) is 11.4 Å². The maximum Gasteiger partial charge on any atom is 0.243 e. The van der Waals surface area contributed by atoms with E-state index in [1.165, 1.54) is 16.4 Å². The molecule has 0 spiro atoms. The van der Waals surface area contributed by atoms with Crippen LogP contribution in [0.15, 0.2) is 53.4 Å². The third-order valence-corrected chi connectivity index (χ3v) is 6.63. The van der Waals surface area contributed by atoms with Gasteiger partial charge in [0.2, 0.25) is 10.0 Å². The van der Waals surface area contributed by atoms with E-state index in [0.717, 1.165) is 30.5 Å². The Bertz CT molecular complexity index is 870. The highest BCUT2D eigenvalue weighted by Gasteiger charge is 2.25. The number of carbonyl (C=O) groups is 1. The van der Waals surface area contributed by atoms with Gasteiger partial charge in [-0.3, -0.25) is 4.79 Å². The number of nitrogens with zero attached hydrogens (tertiary/aromatic N) is 1. The summed E-state index contributed by atoms with van der Waals surface area (Å²) >= 11 is 0. The molecule has 1 aliphatic rings. The van der Waals surface area contributed by atoms with Crippen LogP contribution in [0.5, 0.6) is 0 Å². The Kier molecular flexibility index (Phi) is 5.74. The largest absolute Gasteiger partial charge is 0.377 e. The van der Waals surface area contributed by atoms with E-state index < -0.39 is 10.0 Å². The number of benzene rings is 2. The van der Waals surface area contributed by atoms with Gasteiger partial charge in [-0.1, -0.05) is 24.6 Å². The van der Waals surface area contributed by atoms with Gasteiger partial charge in [-0.2, -0.15) is 4.31 Å². The van der Waals surface area contributed by atoms with E-state index in [0.29, 0.717) is 18.7 Å². The van der Waals surface area contributed by atoms with Crippen molar-refractivity contribution in [2.45, 2.75) is 31.1 Å². The van der Waals surface area contributed by atoms with E-state index >= 15 is 0 Å². The van der Waals surface area contributed by atoms with Crippen LogP contribution in [0.1, 0.15) is 35.2 Å². The number of sulfonamides is 1. The van der Waals surface area contributed by atoms with Crippen LogP contribution < -0.4 is 5.32 Å². The third kappa shape index (κ3) is 4.14. The van der Waals surface area contributed by atoms with Crippen LogP contribution in [0.4, 0.5) is 5.69 Å². The molecule has 0 amide bonds. The second-order valence-corrected chi connectivity index (χ2v) is 8.52. The van der Waals surface area contributed by atoms with Gasteiger partial charge in [-0.25, -0.2) is 8.42 Å². The van der Waals surface area contributed by atoms with Gasteiger partial charge >= 0.3 is 0 Å². The van der Waals surface area contributed by atoms with E-state index in [9.17, 15) is 13.2 Å². The molecule has 0 aromatic heterocycles. The zero-order valence-electron chi connectivity index (χ0n) is 14.9. The van der Waals surface area contributed by atoms with Crippen molar-refractivity contribution in [3.8, 4) is 0 Å². The van der Waals surface area contributed by atoms with Gasteiger partial charge in [0.1, 0.15) is 0 Å².